The first-order valence-electron chi connectivity index (χ1n) is 13.7. The molecular weight excluding hydrogens is 410 g/mol. The number of hydrogen-bond donors (Lipinski definition) is 0. The zero-order valence-corrected chi connectivity index (χ0v) is 21.6. The second-order valence-corrected chi connectivity index (χ2v) is 11.1. The first-order chi connectivity index (χ1) is 16.0. The van der Waals surface area contributed by atoms with E-state index in [9.17, 15) is 0 Å². The molecule has 4 heterocycles. The molecule has 0 aliphatic carbocycles. The molecule has 1 aromatic heterocycles. The molecule has 4 rings (SSSR count). The standard InChI is InChI=1S/C27H47N5O/c1-21(2)31-19-25-9-10-26(20-31)32(25)27-28-17-24(18-29-27)23-11-14-30(15-12-23)13-7-5-6-8-16-33-22(3)4/h17-18,21-23,25-26H,5-16,19-20H2,1-4H3. The number of nitrogens with zero attached hydrogens (tertiary/aromatic N) is 5. The molecule has 2 unspecified atom stereocenters. The molecular formula is C27H47N5O. The molecule has 3 fully saturated rings. The number of aromatic nitrogens is 2. The van der Waals surface area contributed by atoms with Crippen LogP contribution in [0.25, 0.3) is 0 Å². The third kappa shape index (κ3) is 6.67. The van der Waals surface area contributed by atoms with Crippen molar-refractivity contribution in [2.24, 2.45) is 0 Å². The van der Waals surface area contributed by atoms with Gasteiger partial charge in [-0.3, -0.25) is 4.90 Å². The highest BCUT2D eigenvalue weighted by Gasteiger charge is 2.41. The van der Waals surface area contributed by atoms with Crippen molar-refractivity contribution >= 4 is 5.95 Å². The number of rotatable bonds is 11. The Balaban J connectivity index is 1.17. The average molecular weight is 458 g/mol. The maximum Gasteiger partial charge on any atom is 0.225 e. The highest BCUT2D eigenvalue weighted by Crippen LogP contribution is 2.34. The highest BCUT2D eigenvalue weighted by atomic mass is 16.5. The second kappa shape index (κ2) is 11.9. The molecule has 186 valence electrons. The van der Waals surface area contributed by atoms with Crippen LogP contribution in [0.1, 0.15) is 90.5 Å². The Morgan fingerprint density at radius 3 is 2.12 bits per heavy atom. The van der Waals surface area contributed by atoms with Gasteiger partial charge in [0, 0.05) is 50.2 Å². The molecule has 0 saturated carbocycles. The normalized spacial score (nSPS) is 25.0. The van der Waals surface area contributed by atoms with Gasteiger partial charge >= 0.3 is 0 Å². The first kappa shape index (κ1) is 24.9. The average Bonchev–Trinajstić information content (AvgIpc) is 3.07. The summed E-state index contributed by atoms with van der Waals surface area (Å²) in [4.78, 5) is 17.6. The molecule has 2 bridgehead atoms. The second-order valence-electron chi connectivity index (χ2n) is 11.1. The van der Waals surface area contributed by atoms with Crippen LogP contribution in [0.15, 0.2) is 12.4 Å². The topological polar surface area (TPSA) is 44.7 Å². The van der Waals surface area contributed by atoms with Gasteiger partial charge in [-0.05, 0) is 97.3 Å². The van der Waals surface area contributed by atoms with Crippen molar-refractivity contribution in [2.45, 2.75) is 109 Å². The van der Waals surface area contributed by atoms with Gasteiger partial charge < -0.3 is 14.5 Å². The van der Waals surface area contributed by atoms with E-state index in [1.54, 1.807) is 0 Å². The molecule has 0 N–H and O–H groups in total. The van der Waals surface area contributed by atoms with Crippen molar-refractivity contribution in [1.29, 1.82) is 0 Å². The Morgan fingerprint density at radius 1 is 0.879 bits per heavy atom. The molecule has 1 aromatic rings. The fourth-order valence-electron chi connectivity index (χ4n) is 5.96. The number of unbranched alkanes of at least 4 members (excludes halogenated alkanes) is 3. The Labute approximate surface area is 202 Å². The lowest BCUT2D eigenvalue weighted by molar-refractivity contribution is 0.0755. The van der Waals surface area contributed by atoms with Gasteiger partial charge in [0.2, 0.25) is 5.95 Å². The summed E-state index contributed by atoms with van der Waals surface area (Å²) in [6, 6.07) is 1.81. The highest BCUT2D eigenvalue weighted by molar-refractivity contribution is 5.38. The van der Waals surface area contributed by atoms with Crippen LogP contribution in [-0.4, -0.2) is 83.3 Å². The van der Waals surface area contributed by atoms with Gasteiger partial charge in [0.05, 0.1) is 6.10 Å². The van der Waals surface area contributed by atoms with Crippen LogP contribution in [0, 0.1) is 0 Å². The number of anilines is 1. The van der Waals surface area contributed by atoms with Crippen LogP contribution in [0.5, 0.6) is 0 Å². The Morgan fingerprint density at radius 2 is 1.52 bits per heavy atom. The molecule has 2 atom stereocenters. The molecule has 0 amide bonds. The van der Waals surface area contributed by atoms with Crippen LogP contribution < -0.4 is 4.90 Å². The SMILES string of the molecule is CC(C)OCCCCCCN1CCC(c2cnc(N3C4CCC3CN(C(C)C)C4)nc2)CC1. The predicted octanol–water partition coefficient (Wildman–Crippen LogP) is 4.70. The van der Waals surface area contributed by atoms with E-state index < -0.39 is 0 Å². The van der Waals surface area contributed by atoms with Crippen molar-refractivity contribution in [1.82, 2.24) is 19.8 Å². The van der Waals surface area contributed by atoms with E-state index in [2.05, 4.69) is 54.8 Å². The summed E-state index contributed by atoms with van der Waals surface area (Å²) in [5.74, 6) is 1.59. The zero-order valence-electron chi connectivity index (χ0n) is 21.6. The quantitative estimate of drug-likeness (QED) is 0.449. The third-order valence-corrected chi connectivity index (χ3v) is 8.01. The van der Waals surface area contributed by atoms with Crippen LogP contribution in [0.4, 0.5) is 5.95 Å². The number of hydrogen-bond acceptors (Lipinski definition) is 6. The van der Waals surface area contributed by atoms with Gasteiger partial charge in [0.15, 0.2) is 0 Å². The molecule has 33 heavy (non-hydrogen) atoms. The van der Waals surface area contributed by atoms with Crippen LogP contribution in [0.3, 0.4) is 0 Å². The molecule has 0 aromatic carbocycles. The fourth-order valence-corrected chi connectivity index (χ4v) is 5.96. The minimum Gasteiger partial charge on any atom is -0.379 e. The van der Waals surface area contributed by atoms with E-state index in [-0.39, 0.29) is 0 Å². The summed E-state index contributed by atoms with van der Waals surface area (Å²) in [6.07, 6.45) is 14.8. The number of likely N-dealkylation sites (tertiary alicyclic amines) is 2. The molecule has 0 spiro atoms. The number of fused-ring (bicyclic) bond motifs is 2. The predicted molar refractivity (Wildman–Crippen MR) is 136 cm³/mol. The van der Waals surface area contributed by atoms with Crippen molar-refractivity contribution in [3.8, 4) is 0 Å². The van der Waals surface area contributed by atoms with Gasteiger partial charge in [0.25, 0.3) is 0 Å². The Kier molecular flexibility index (Phi) is 9.00. The van der Waals surface area contributed by atoms with E-state index in [4.69, 9.17) is 14.7 Å². The molecule has 3 aliphatic rings. The van der Waals surface area contributed by atoms with E-state index in [0.717, 1.165) is 25.6 Å². The minimum atomic E-state index is 0.364. The van der Waals surface area contributed by atoms with Gasteiger partial charge in [-0.2, -0.15) is 0 Å². The zero-order chi connectivity index (χ0) is 23.2. The van der Waals surface area contributed by atoms with Crippen molar-refractivity contribution in [3.05, 3.63) is 18.0 Å². The van der Waals surface area contributed by atoms with Crippen LogP contribution in [-0.2, 0) is 4.74 Å². The number of ether oxygens (including phenoxy) is 1. The molecule has 6 nitrogen and oxygen atoms in total. The maximum absolute atomic E-state index is 5.63. The van der Waals surface area contributed by atoms with Crippen molar-refractivity contribution in [2.75, 3.05) is 44.2 Å². The monoisotopic (exact) mass is 457 g/mol. The number of piperazine rings is 1. The minimum absolute atomic E-state index is 0.364. The van der Waals surface area contributed by atoms with Crippen LogP contribution in [0.2, 0.25) is 0 Å². The largest absolute Gasteiger partial charge is 0.379 e. The molecule has 3 saturated heterocycles. The summed E-state index contributed by atoms with van der Waals surface area (Å²) in [5, 5.41) is 0. The Hall–Kier alpha value is -1.24. The summed E-state index contributed by atoms with van der Waals surface area (Å²) in [5.41, 5.74) is 1.34. The van der Waals surface area contributed by atoms with E-state index in [1.165, 1.54) is 76.6 Å². The van der Waals surface area contributed by atoms with Crippen molar-refractivity contribution < 1.29 is 4.74 Å². The summed E-state index contributed by atoms with van der Waals surface area (Å²) in [7, 11) is 0. The van der Waals surface area contributed by atoms with Gasteiger partial charge in [-0.1, -0.05) is 12.8 Å². The van der Waals surface area contributed by atoms with Gasteiger partial charge in [-0.25, -0.2) is 9.97 Å². The smallest absolute Gasteiger partial charge is 0.225 e. The lowest BCUT2D eigenvalue weighted by Crippen LogP contribution is -2.56. The van der Waals surface area contributed by atoms with Crippen molar-refractivity contribution in [3.63, 3.8) is 0 Å². The fraction of sp³-hybridized carbons (Fsp3) is 0.852. The lowest BCUT2D eigenvalue weighted by atomic mass is 9.91. The molecule has 3 aliphatic heterocycles. The van der Waals surface area contributed by atoms with E-state index in [1.807, 2.05) is 0 Å². The molecule has 6 heteroatoms. The first-order valence-corrected chi connectivity index (χ1v) is 13.7. The number of piperidine rings is 1. The van der Waals surface area contributed by atoms with Gasteiger partial charge in [-0.15, -0.1) is 0 Å². The summed E-state index contributed by atoms with van der Waals surface area (Å²) < 4.78 is 5.63. The third-order valence-electron chi connectivity index (χ3n) is 8.01. The van der Waals surface area contributed by atoms with E-state index >= 15 is 0 Å². The van der Waals surface area contributed by atoms with Gasteiger partial charge in [0.1, 0.15) is 0 Å². The Bertz CT molecular complexity index is 687. The maximum atomic E-state index is 5.63. The van der Waals surface area contributed by atoms with Crippen LogP contribution >= 0.6 is 0 Å². The molecule has 0 radical (unpaired) electrons. The van der Waals surface area contributed by atoms with E-state index in [0.29, 0.717) is 30.1 Å². The summed E-state index contributed by atoms with van der Waals surface area (Å²) in [6.45, 7) is 15.8. The summed E-state index contributed by atoms with van der Waals surface area (Å²) >= 11 is 0. The lowest BCUT2D eigenvalue weighted by Gasteiger charge is -2.42.